The number of benzene rings is 1. The lowest BCUT2D eigenvalue weighted by molar-refractivity contribution is 0.180. The minimum absolute atomic E-state index is 0.0822. The van der Waals surface area contributed by atoms with E-state index in [4.69, 9.17) is 10.4 Å². The van der Waals surface area contributed by atoms with Gasteiger partial charge >= 0.3 is 0 Å². The van der Waals surface area contributed by atoms with Crippen molar-refractivity contribution >= 4 is 0 Å². The van der Waals surface area contributed by atoms with Crippen molar-refractivity contribution in [3.63, 3.8) is 0 Å². The molecule has 0 aromatic heterocycles. The molecule has 1 aromatic carbocycles. The van der Waals surface area contributed by atoms with Gasteiger partial charge in [-0.2, -0.15) is 5.26 Å². The summed E-state index contributed by atoms with van der Waals surface area (Å²) in [4.78, 5) is 1.95. The molecule has 0 aliphatic carbocycles. The molecular weight excluding hydrogens is 188 g/mol. The van der Waals surface area contributed by atoms with Crippen LogP contribution in [0, 0.1) is 11.3 Å². The Balaban J connectivity index is 2.84. The molecule has 0 spiro atoms. The van der Waals surface area contributed by atoms with Crippen LogP contribution in [0.25, 0.3) is 0 Å². The topological polar surface area (TPSA) is 47.3 Å². The summed E-state index contributed by atoms with van der Waals surface area (Å²) < 4.78 is 0. The third kappa shape index (κ3) is 3.05. The standard InChI is InChI=1S/C12H16N2O/c1-2-14(8-9-15)12(10-13)11-6-4-3-5-7-11/h3-7,12,15H,2,8-9H2,1H3. The minimum atomic E-state index is -0.261. The van der Waals surface area contributed by atoms with E-state index in [1.165, 1.54) is 0 Å². The highest BCUT2D eigenvalue weighted by Crippen LogP contribution is 2.18. The number of rotatable bonds is 5. The van der Waals surface area contributed by atoms with Crippen molar-refractivity contribution in [1.82, 2.24) is 4.90 Å². The van der Waals surface area contributed by atoms with Gasteiger partial charge in [0, 0.05) is 6.54 Å². The first-order chi connectivity index (χ1) is 7.33. The zero-order chi connectivity index (χ0) is 11.1. The predicted octanol–water partition coefficient (Wildman–Crippen LogP) is 1.57. The van der Waals surface area contributed by atoms with Gasteiger partial charge in [0.25, 0.3) is 0 Å². The van der Waals surface area contributed by atoms with E-state index in [2.05, 4.69) is 6.07 Å². The number of likely N-dealkylation sites (N-methyl/N-ethyl adjacent to an activating group) is 1. The summed E-state index contributed by atoms with van der Waals surface area (Å²) in [5.74, 6) is 0. The predicted molar refractivity (Wildman–Crippen MR) is 59.1 cm³/mol. The average molecular weight is 204 g/mol. The summed E-state index contributed by atoms with van der Waals surface area (Å²) in [5.41, 5.74) is 0.982. The van der Waals surface area contributed by atoms with Gasteiger partial charge in [-0.25, -0.2) is 0 Å². The molecule has 3 nitrogen and oxygen atoms in total. The lowest BCUT2D eigenvalue weighted by Crippen LogP contribution is -2.30. The van der Waals surface area contributed by atoms with Crippen molar-refractivity contribution in [2.45, 2.75) is 13.0 Å². The van der Waals surface area contributed by atoms with Crippen molar-refractivity contribution in [1.29, 1.82) is 5.26 Å². The number of hydrogen-bond donors (Lipinski definition) is 1. The quantitative estimate of drug-likeness (QED) is 0.791. The van der Waals surface area contributed by atoms with Crippen molar-refractivity contribution in [2.75, 3.05) is 19.7 Å². The summed E-state index contributed by atoms with van der Waals surface area (Å²) >= 11 is 0. The highest BCUT2D eigenvalue weighted by molar-refractivity contribution is 5.23. The molecule has 0 bridgehead atoms. The fraction of sp³-hybridized carbons (Fsp3) is 0.417. The third-order valence-corrected chi connectivity index (χ3v) is 2.40. The molecule has 0 saturated heterocycles. The fourth-order valence-corrected chi connectivity index (χ4v) is 1.60. The van der Waals surface area contributed by atoms with Gasteiger partial charge in [0.15, 0.2) is 0 Å². The summed E-state index contributed by atoms with van der Waals surface area (Å²) in [6.45, 7) is 3.36. The SMILES string of the molecule is CCN(CCO)C(C#N)c1ccccc1. The van der Waals surface area contributed by atoms with Gasteiger partial charge in [0.1, 0.15) is 6.04 Å². The maximum absolute atomic E-state index is 9.13. The van der Waals surface area contributed by atoms with E-state index < -0.39 is 0 Å². The van der Waals surface area contributed by atoms with E-state index in [1.54, 1.807) is 0 Å². The summed E-state index contributed by atoms with van der Waals surface area (Å²) in [7, 11) is 0. The monoisotopic (exact) mass is 204 g/mol. The maximum Gasteiger partial charge on any atom is 0.123 e. The molecule has 1 unspecified atom stereocenters. The number of aliphatic hydroxyl groups is 1. The van der Waals surface area contributed by atoms with Gasteiger partial charge in [0.05, 0.1) is 12.7 Å². The second kappa shape index (κ2) is 6.18. The normalized spacial score (nSPS) is 12.4. The fourth-order valence-electron chi connectivity index (χ4n) is 1.60. The number of hydrogen-bond acceptors (Lipinski definition) is 3. The van der Waals surface area contributed by atoms with Crippen molar-refractivity contribution in [3.05, 3.63) is 35.9 Å². The van der Waals surface area contributed by atoms with Crippen LogP contribution < -0.4 is 0 Å². The van der Waals surface area contributed by atoms with Crippen LogP contribution in [-0.4, -0.2) is 29.7 Å². The van der Waals surface area contributed by atoms with E-state index >= 15 is 0 Å². The smallest absolute Gasteiger partial charge is 0.123 e. The van der Waals surface area contributed by atoms with Gasteiger partial charge < -0.3 is 5.11 Å². The van der Waals surface area contributed by atoms with Gasteiger partial charge in [-0.15, -0.1) is 0 Å². The molecule has 1 atom stereocenters. The van der Waals surface area contributed by atoms with Crippen LogP contribution in [0.2, 0.25) is 0 Å². The zero-order valence-electron chi connectivity index (χ0n) is 8.93. The molecule has 1 N–H and O–H groups in total. The Bertz CT molecular complexity index is 318. The van der Waals surface area contributed by atoms with E-state index in [0.29, 0.717) is 6.54 Å². The van der Waals surface area contributed by atoms with Crippen LogP contribution >= 0.6 is 0 Å². The second-order valence-corrected chi connectivity index (χ2v) is 3.29. The van der Waals surface area contributed by atoms with E-state index in [9.17, 15) is 0 Å². The van der Waals surface area contributed by atoms with Crippen LogP contribution in [0.1, 0.15) is 18.5 Å². The molecule has 0 aliphatic heterocycles. The zero-order valence-corrected chi connectivity index (χ0v) is 8.93. The molecule has 0 aliphatic rings. The lowest BCUT2D eigenvalue weighted by atomic mass is 10.1. The molecule has 1 rings (SSSR count). The molecule has 1 aromatic rings. The number of aliphatic hydroxyl groups excluding tert-OH is 1. The van der Waals surface area contributed by atoms with E-state index in [1.807, 2.05) is 42.2 Å². The van der Waals surface area contributed by atoms with Crippen molar-refractivity contribution in [2.24, 2.45) is 0 Å². The highest BCUT2D eigenvalue weighted by Gasteiger charge is 2.17. The van der Waals surface area contributed by atoms with Crippen LogP contribution in [0.15, 0.2) is 30.3 Å². The van der Waals surface area contributed by atoms with Gasteiger partial charge in [-0.3, -0.25) is 4.90 Å². The summed E-state index contributed by atoms with van der Waals surface area (Å²) in [5, 5.41) is 18.0. The first-order valence-electron chi connectivity index (χ1n) is 5.13. The molecule has 0 fully saturated rings. The Kier molecular flexibility index (Phi) is 4.82. The molecule has 0 saturated carbocycles. The van der Waals surface area contributed by atoms with E-state index in [0.717, 1.165) is 12.1 Å². The van der Waals surface area contributed by atoms with Crippen LogP contribution in [0.5, 0.6) is 0 Å². The van der Waals surface area contributed by atoms with Crippen LogP contribution in [-0.2, 0) is 0 Å². The molecule has 0 heterocycles. The Morgan fingerprint density at radius 3 is 2.53 bits per heavy atom. The largest absolute Gasteiger partial charge is 0.395 e. The van der Waals surface area contributed by atoms with Crippen LogP contribution in [0.3, 0.4) is 0 Å². The van der Waals surface area contributed by atoms with Gasteiger partial charge in [-0.1, -0.05) is 37.3 Å². The first kappa shape index (κ1) is 11.7. The minimum Gasteiger partial charge on any atom is -0.395 e. The average Bonchev–Trinajstić information content (AvgIpc) is 2.30. The molecule has 15 heavy (non-hydrogen) atoms. The Hall–Kier alpha value is -1.37. The van der Waals surface area contributed by atoms with Gasteiger partial charge in [-0.05, 0) is 12.1 Å². The third-order valence-electron chi connectivity index (χ3n) is 2.40. The summed E-state index contributed by atoms with van der Waals surface area (Å²) in [6.07, 6.45) is 0. The van der Waals surface area contributed by atoms with E-state index in [-0.39, 0.29) is 12.6 Å². The second-order valence-electron chi connectivity index (χ2n) is 3.29. The van der Waals surface area contributed by atoms with Gasteiger partial charge in [0.2, 0.25) is 0 Å². The Morgan fingerprint density at radius 2 is 2.07 bits per heavy atom. The molecular formula is C12H16N2O. The summed E-state index contributed by atoms with van der Waals surface area (Å²) in [6, 6.07) is 11.7. The lowest BCUT2D eigenvalue weighted by Gasteiger charge is -2.24. The molecule has 0 radical (unpaired) electrons. The Morgan fingerprint density at radius 1 is 1.40 bits per heavy atom. The molecule has 3 heteroatoms. The van der Waals surface area contributed by atoms with Crippen LogP contribution in [0.4, 0.5) is 0 Å². The highest BCUT2D eigenvalue weighted by atomic mass is 16.3. The number of nitrogens with zero attached hydrogens (tertiary/aromatic N) is 2. The molecule has 80 valence electrons. The van der Waals surface area contributed by atoms with Crippen molar-refractivity contribution in [3.8, 4) is 6.07 Å². The molecule has 0 amide bonds. The number of nitriles is 1. The van der Waals surface area contributed by atoms with Crippen molar-refractivity contribution < 1.29 is 5.11 Å². The maximum atomic E-state index is 9.13. The first-order valence-corrected chi connectivity index (χ1v) is 5.13. The Labute approximate surface area is 90.6 Å².